The number of aliphatic hydroxyl groups is 1. The zero-order valence-electron chi connectivity index (χ0n) is 20.8. The number of hydrogen-bond donors (Lipinski definition) is 1. The maximum Gasteiger partial charge on any atom is 0.324 e. The molecule has 1 fully saturated rings. The van der Waals surface area contributed by atoms with Gasteiger partial charge in [-0.25, -0.2) is 23.2 Å². The summed E-state index contributed by atoms with van der Waals surface area (Å²) in [6, 6.07) is 6.42. The van der Waals surface area contributed by atoms with Crippen molar-refractivity contribution in [2.24, 2.45) is 0 Å². The molecule has 194 valence electrons. The van der Waals surface area contributed by atoms with Crippen molar-refractivity contribution in [1.29, 1.82) is 0 Å². The van der Waals surface area contributed by atoms with E-state index in [1.807, 2.05) is 6.07 Å². The van der Waals surface area contributed by atoms with Crippen LogP contribution in [0.25, 0.3) is 22.3 Å². The quantitative estimate of drug-likeness (QED) is 0.546. The zero-order valence-corrected chi connectivity index (χ0v) is 21.6. The summed E-state index contributed by atoms with van der Waals surface area (Å²) in [5.74, 6) is -0.308. The van der Waals surface area contributed by atoms with E-state index in [9.17, 15) is 23.1 Å². The number of carbonyl (C=O) groups excluding carboxylic acids is 2. The highest BCUT2D eigenvalue weighted by molar-refractivity contribution is 7.90. The molecule has 2 aliphatic heterocycles. The monoisotopic (exact) mass is 524 g/mol. The maximum absolute atomic E-state index is 13.5. The fourth-order valence-electron chi connectivity index (χ4n) is 4.94. The molecule has 3 aromatic heterocycles. The van der Waals surface area contributed by atoms with Crippen molar-refractivity contribution in [2.45, 2.75) is 43.5 Å². The first-order valence-electron chi connectivity index (χ1n) is 12.0. The van der Waals surface area contributed by atoms with Gasteiger partial charge < -0.3 is 14.9 Å². The van der Waals surface area contributed by atoms with E-state index < -0.39 is 15.9 Å². The fourth-order valence-corrected chi connectivity index (χ4v) is 5.50. The minimum atomic E-state index is -3.42. The van der Waals surface area contributed by atoms with Crippen molar-refractivity contribution in [3.8, 4) is 11.3 Å². The minimum absolute atomic E-state index is 0.0173. The summed E-state index contributed by atoms with van der Waals surface area (Å²) in [5, 5.41) is 9.66. The van der Waals surface area contributed by atoms with Crippen LogP contribution in [0.3, 0.4) is 0 Å². The zero-order chi connectivity index (χ0) is 26.5. The predicted molar refractivity (Wildman–Crippen MR) is 137 cm³/mol. The SMILES string of the molecule is C[C@H](O)C(=O)N1CCC(N2C(=O)N(C)Cc3cnc4ccc(-c5ccc(S(C)(=O)=O)nc5)nc4c32)CC1. The van der Waals surface area contributed by atoms with Gasteiger partial charge in [-0.2, -0.15) is 0 Å². The van der Waals surface area contributed by atoms with Gasteiger partial charge in [-0.1, -0.05) is 0 Å². The number of urea groups is 1. The Bertz CT molecular complexity index is 1480. The Labute approximate surface area is 214 Å². The summed E-state index contributed by atoms with van der Waals surface area (Å²) in [6.07, 6.45) is 4.42. The third-order valence-corrected chi connectivity index (χ3v) is 7.85. The van der Waals surface area contributed by atoms with Crippen molar-refractivity contribution in [2.75, 3.05) is 31.3 Å². The molecule has 1 atom stereocenters. The Balaban J connectivity index is 1.55. The number of carbonyl (C=O) groups is 2. The third kappa shape index (κ3) is 4.62. The highest BCUT2D eigenvalue weighted by atomic mass is 32.2. The van der Waals surface area contributed by atoms with Gasteiger partial charge in [-0.3, -0.25) is 14.7 Å². The molecular formula is C25H28N6O5S. The predicted octanol–water partition coefficient (Wildman–Crippen LogP) is 1.84. The molecule has 37 heavy (non-hydrogen) atoms. The molecule has 1 N–H and O–H groups in total. The number of pyridine rings is 3. The molecule has 5 heterocycles. The number of aromatic nitrogens is 3. The van der Waals surface area contributed by atoms with Crippen molar-refractivity contribution in [3.63, 3.8) is 0 Å². The smallest absolute Gasteiger partial charge is 0.324 e. The van der Waals surface area contributed by atoms with E-state index in [1.165, 1.54) is 19.2 Å². The number of hydrogen-bond acceptors (Lipinski definition) is 8. The summed E-state index contributed by atoms with van der Waals surface area (Å²) in [7, 11) is -1.68. The Hall–Kier alpha value is -3.64. The number of fused-ring (bicyclic) bond motifs is 3. The Morgan fingerprint density at radius 1 is 1.11 bits per heavy atom. The van der Waals surface area contributed by atoms with Gasteiger partial charge in [-0.15, -0.1) is 0 Å². The first-order chi connectivity index (χ1) is 17.5. The molecule has 3 amide bonds. The second-order valence-corrected chi connectivity index (χ2v) is 11.6. The van der Waals surface area contributed by atoms with Crippen LogP contribution in [0.1, 0.15) is 25.3 Å². The lowest BCUT2D eigenvalue weighted by molar-refractivity contribution is -0.140. The fraction of sp³-hybridized carbons (Fsp3) is 0.400. The molecule has 3 aromatic rings. The molecule has 1 saturated heterocycles. The lowest BCUT2D eigenvalue weighted by Crippen LogP contribution is -2.55. The Morgan fingerprint density at radius 3 is 2.46 bits per heavy atom. The molecule has 5 rings (SSSR count). The molecule has 0 saturated carbocycles. The van der Waals surface area contributed by atoms with Crippen molar-refractivity contribution >= 4 is 38.5 Å². The average Bonchev–Trinajstić information content (AvgIpc) is 2.88. The molecule has 0 aromatic carbocycles. The molecule has 11 nitrogen and oxygen atoms in total. The van der Waals surface area contributed by atoms with Crippen LogP contribution in [0, 0.1) is 0 Å². The molecule has 0 unspecified atom stereocenters. The number of anilines is 1. The van der Waals surface area contributed by atoms with Gasteiger partial charge in [0.15, 0.2) is 14.9 Å². The number of aliphatic hydroxyl groups excluding tert-OH is 1. The van der Waals surface area contributed by atoms with Gasteiger partial charge in [0.2, 0.25) is 0 Å². The second kappa shape index (κ2) is 9.34. The number of nitrogens with zero attached hydrogens (tertiary/aromatic N) is 6. The van der Waals surface area contributed by atoms with Gasteiger partial charge in [0.25, 0.3) is 5.91 Å². The molecule has 12 heteroatoms. The van der Waals surface area contributed by atoms with Crippen LogP contribution in [0.4, 0.5) is 10.5 Å². The first-order valence-corrected chi connectivity index (χ1v) is 13.9. The van der Waals surface area contributed by atoms with Gasteiger partial charge in [-0.05, 0) is 44.0 Å². The number of rotatable bonds is 4. The van der Waals surface area contributed by atoms with Gasteiger partial charge in [0.05, 0.1) is 23.4 Å². The molecule has 0 aliphatic carbocycles. The number of sulfone groups is 1. The van der Waals surface area contributed by atoms with Gasteiger partial charge >= 0.3 is 6.03 Å². The van der Waals surface area contributed by atoms with Gasteiger partial charge in [0.1, 0.15) is 11.6 Å². The first kappa shape index (κ1) is 25.0. The third-order valence-electron chi connectivity index (χ3n) is 6.85. The van der Waals surface area contributed by atoms with E-state index in [4.69, 9.17) is 4.98 Å². The highest BCUT2D eigenvalue weighted by Gasteiger charge is 2.38. The van der Waals surface area contributed by atoms with Crippen LogP contribution in [-0.4, -0.2) is 88.8 Å². The van der Waals surface area contributed by atoms with Crippen LogP contribution in [-0.2, 0) is 21.2 Å². The van der Waals surface area contributed by atoms with Crippen LogP contribution < -0.4 is 4.90 Å². The van der Waals surface area contributed by atoms with Gasteiger partial charge in [0, 0.05) is 56.0 Å². The minimum Gasteiger partial charge on any atom is -0.384 e. The molecule has 0 spiro atoms. The topological polar surface area (TPSA) is 137 Å². The largest absolute Gasteiger partial charge is 0.384 e. The average molecular weight is 525 g/mol. The van der Waals surface area contributed by atoms with E-state index in [2.05, 4.69) is 9.97 Å². The van der Waals surface area contributed by atoms with E-state index in [-0.39, 0.29) is 23.0 Å². The van der Waals surface area contributed by atoms with Crippen LogP contribution in [0.2, 0.25) is 0 Å². The lowest BCUT2D eigenvalue weighted by Gasteiger charge is -2.43. The van der Waals surface area contributed by atoms with E-state index in [0.717, 1.165) is 11.8 Å². The summed E-state index contributed by atoms with van der Waals surface area (Å²) >= 11 is 0. The van der Waals surface area contributed by atoms with Crippen LogP contribution in [0.5, 0.6) is 0 Å². The standard InChI is InChI=1S/C25H28N6O5S/c1-15(32)24(33)30-10-8-18(9-11-30)31-23-17(14-29(2)25(31)34)13-26-20-6-5-19(28-22(20)23)16-4-7-21(27-12-16)37(3,35)36/h4-7,12-13,15,18,32H,8-11,14H2,1-3H3/t15-/m0/s1. The number of piperidine rings is 1. The summed E-state index contributed by atoms with van der Waals surface area (Å²) < 4.78 is 23.6. The van der Waals surface area contributed by atoms with Crippen molar-refractivity contribution in [3.05, 3.63) is 42.2 Å². The number of amides is 3. The Kier molecular flexibility index (Phi) is 6.32. The van der Waals surface area contributed by atoms with Crippen molar-refractivity contribution < 1.29 is 23.1 Å². The highest BCUT2D eigenvalue weighted by Crippen LogP contribution is 2.37. The normalized spacial score (nSPS) is 17.7. The second-order valence-electron chi connectivity index (χ2n) is 9.59. The Morgan fingerprint density at radius 2 is 1.84 bits per heavy atom. The van der Waals surface area contributed by atoms with Crippen LogP contribution >= 0.6 is 0 Å². The summed E-state index contributed by atoms with van der Waals surface area (Å²) in [4.78, 5) is 44.3. The lowest BCUT2D eigenvalue weighted by atomic mass is 9.99. The molecule has 0 bridgehead atoms. The van der Waals surface area contributed by atoms with E-state index >= 15 is 0 Å². The van der Waals surface area contributed by atoms with Crippen molar-refractivity contribution in [1.82, 2.24) is 24.8 Å². The summed E-state index contributed by atoms with van der Waals surface area (Å²) in [5.41, 5.74) is 4.00. The van der Waals surface area contributed by atoms with E-state index in [0.29, 0.717) is 60.5 Å². The maximum atomic E-state index is 13.5. The molecule has 0 radical (unpaired) electrons. The summed E-state index contributed by atoms with van der Waals surface area (Å²) in [6.45, 7) is 2.73. The molecular weight excluding hydrogens is 496 g/mol. The van der Waals surface area contributed by atoms with Crippen LogP contribution in [0.15, 0.2) is 41.7 Å². The molecule has 2 aliphatic rings. The number of likely N-dealkylation sites (tertiary alicyclic amines) is 1. The van der Waals surface area contributed by atoms with E-state index in [1.54, 1.807) is 40.1 Å².